The summed E-state index contributed by atoms with van der Waals surface area (Å²) in [5.74, 6) is 0.286. The van der Waals surface area contributed by atoms with Gasteiger partial charge in [0.1, 0.15) is 0 Å². The number of amides is 1. The van der Waals surface area contributed by atoms with Crippen LogP contribution in [-0.4, -0.2) is 65.9 Å². The van der Waals surface area contributed by atoms with Crippen molar-refractivity contribution in [2.75, 3.05) is 39.3 Å². The lowest BCUT2D eigenvalue weighted by molar-refractivity contribution is -0.134. The molecule has 4 heteroatoms. The summed E-state index contributed by atoms with van der Waals surface area (Å²) in [5, 5.41) is 0. The van der Waals surface area contributed by atoms with Crippen LogP contribution in [0.15, 0.2) is 36.4 Å². The number of hydrogen-bond acceptors (Lipinski definition) is 3. The fourth-order valence-corrected chi connectivity index (χ4v) is 4.85. The average molecular weight is 406 g/mol. The first-order valence-corrected chi connectivity index (χ1v) is 11.3. The van der Waals surface area contributed by atoms with Crippen molar-refractivity contribution in [2.45, 2.75) is 46.7 Å². The quantitative estimate of drug-likeness (QED) is 0.772. The lowest BCUT2D eigenvalue weighted by Crippen LogP contribution is -2.53. The Kier molecular flexibility index (Phi) is 6.26. The second-order valence-corrected chi connectivity index (χ2v) is 9.33. The lowest BCUT2D eigenvalue weighted by atomic mass is 9.93. The summed E-state index contributed by atoms with van der Waals surface area (Å²) in [6.07, 6.45) is 1.02. The van der Waals surface area contributed by atoms with Gasteiger partial charge in [-0.15, -0.1) is 0 Å². The van der Waals surface area contributed by atoms with Gasteiger partial charge in [-0.1, -0.05) is 47.5 Å². The van der Waals surface area contributed by atoms with Crippen molar-refractivity contribution in [2.24, 2.45) is 0 Å². The van der Waals surface area contributed by atoms with Crippen molar-refractivity contribution >= 4 is 5.91 Å². The van der Waals surface area contributed by atoms with E-state index in [1.54, 1.807) is 0 Å². The smallest absolute Gasteiger partial charge is 0.236 e. The maximum atomic E-state index is 12.8. The number of benzene rings is 2. The molecular weight excluding hydrogens is 370 g/mol. The van der Waals surface area contributed by atoms with Gasteiger partial charge in [0.25, 0.3) is 0 Å². The zero-order chi connectivity index (χ0) is 21.3. The van der Waals surface area contributed by atoms with E-state index in [9.17, 15) is 4.79 Å². The maximum absolute atomic E-state index is 12.8. The molecule has 1 amide bonds. The van der Waals surface area contributed by atoms with E-state index in [2.05, 4.69) is 78.8 Å². The third-order valence-corrected chi connectivity index (χ3v) is 6.61. The van der Waals surface area contributed by atoms with Crippen molar-refractivity contribution in [1.29, 1.82) is 0 Å². The molecule has 160 valence electrons. The van der Waals surface area contributed by atoms with E-state index in [0.717, 1.165) is 45.7 Å². The fourth-order valence-electron chi connectivity index (χ4n) is 4.85. The molecule has 0 bridgehead atoms. The molecule has 0 unspecified atom stereocenters. The van der Waals surface area contributed by atoms with E-state index in [0.29, 0.717) is 12.6 Å². The SMILES string of the molecule is Cc1cc(C)cc(-c2ccc3c(c2)CCN(CC(=O)N2CCN(C(C)C)CC2)C3)c1. The number of fused-ring (bicyclic) bond motifs is 1. The van der Waals surface area contributed by atoms with Gasteiger partial charge in [-0.3, -0.25) is 14.6 Å². The Morgan fingerprint density at radius 1 is 0.867 bits per heavy atom. The van der Waals surface area contributed by atoms with E-state index >= 15 is 0 Å². The average Bonchev–Trinajstić information content (AvgIpc) is 2.72. The number of carbonyl (C=O) groups is 1. The van der Waals surface area contributed by atoms with Crippen LogP contribution in [0.3, 0.4) is 0 Å². The van der Waals surface area contributed by atoms with Gasteiger partial charge >= 0.3 is 0 Å². The van der Waals surface area contributed by atoms with Crippen molar-refractivity contribution in [3.8, 4) is 11.1 Å². The number of rotatable bonds is 4. The minimum absolute atomic E-state index is 0.286. The van der Waals surface area contributed by atoms with Crippen LogP contribution in [0, 0.1) is 13.8 Å². The van der Waals surface area contributed by atoms with Crippen LogP contribution in [0.1, 0.15) is 36.1 Å². The molecule has 0 saturated carbocycles. The van der Waals surface area contributed by atoms with Gasteiger partial charge in [0.05, 0.1) is 6.54 Å². The Morgan fingerprint density at radius 2 is 1.57 bits per heavy atom. The molecule has 0 spiro atoms. The second kappa shape index (κ2) is 8.91. The Hall–Kier alpha value is -2.17. The van der Waals surface area contributed by atoms with Gasteiger partial charge in [-0.05, 0) is 56.4 Å². The minimum atomic E-state index is 0.286. The number of hydrogen-bond donors (Lipinski definition) is 0. The van der Waals surface area contributed by atoms with Gasteiger partial charge in [0, 0.05) is 45.3 Å². The van der Waals surface area contributed by atoms with Gasteiger partial charge < -0.3 is 4.90 Å². The summed E-state index contributed by atoms with van der Waals surface area (Å²) in [6.45, 7) is 14.9. The fraction of sp³-hybridized carbons (Fsp3) is 0.500. The molecule has 4 nitrogen and oxygen atoms in total. The monoisotopic (exact) mass is 405 g/mol. The summed E-state index contributed by atoms with van der Waals surface area (Å²) in [4.78, 5) is 19.6. The molecule has 2 aromatic rings. The first kappa shape index (κ1) is 21.1. The molecule has 2 heterocycles. The Labute approximate surface area is 181 Å². The van der Waals surface area contributed by atoms with Gasteiger partial charge in [-0.2, -0.15) is 0 Å². The summed E-state index contributed by atoms with van der Waals surface area (Å²) in [7, 11) is 0. The van der Waals surface area contributed by atoms with Crippen LogP contribution in [0.2, 0.25) is 0 Å². The predicted molar refractivity (Wildman–Crippen MR) is 124 cm³/mol. The summed E-state index contributed by atoms with van der Waals surface area (Å²) in [5.41, 5.74) is 8.01. The van der Waals surface area contributed by atoms with Gasteiger partial charge in [0.2, 0.25) is 5.91 Å². The Morgan fingerprint density at radius 3 is 2.23 bits per heavy atom. The Balaban J connectivity index is 1.38. The van der Waals surface area contributed by atoms with E-state index in [1.807, 2.05) is 0 Å². The highest BCUT2D eigenvalue weighted by molar-refractivity contribution is 5.78. The normalized spacial score (nSPS) is 18.0. The molecule has 30 heavy (non-hydrogen) atoms. The highest BCUT2D eigenvalue weighted by Gasteiger charge is 2.25. The topological polar surface area (TPSA) is 26.8 Å². The zero-order valence-corrected chi connectivity index (χ0v) is 18.9. The van der Waals surface area contributed by atoms with Crippen LogP contribution in [0.5, 0.6) is 0 Å². The number of aryl methyl sites for hydroxylation is 2. The molecular formula is C26H35N3O. The van der Waals surface area contributed by atoms with E-state index in [1.165, 1.54) is 33.4 Å². The van der Waals surface area contributed by atoms with Crippen molar-refractivity contribution in [3.05, 3.63) is 58.7 Å². The highest BCUT2D eigenvalue weighted by atomic mass is 16.2. The molecule has 0 aliphatic carbocycles. The summed E-state index contributed by atoms with van der Waals surface area (Å²) in [6, 6.07) is 14.2. The molecule has 2 aliphatic rings. The summed E-state index contributed by atoms with van der Waals surface area (Å²) < 4.78 is 0. The Bertz CT molecular complexity index is 892. The van der Waals surface area contributed by atoms with Crippen molar-refractivity contribution in [1.82, 2.24) is 14.7 Å². The molecule has 0 aromatic heterocycles. The largest absolute Gasteiger partial charge is 0.339 e. The van der Waals surface area contributed by atoms with Crippen LogP contribution in [0.4, 0.5) is 0 Å². The van der Waals surface area contributed by atoms with E-state index < -0.39 is 0 Å². The molecule has 0 N–H and O–H groups in total. The highest BCUT2D eigenvalue weighted by Crippen LogP contribution is 2.27. The van der Waals surface area contributed by atoms with Gasteiger partial charge in [0.15, 0.2) is 0 Å². The summed E-state index contributed by atoms with van der Waals surface area (Å²) >= 11 is 0. The van der Waals surface area contributed by atoms with Crippen LogP contribution < -0.4 is 0 Å². The second-order valence-electron chi connectivity index (χ2n) is 9.33. The minimum Gasteiger partial charge on any atom is -0.339 e. The molecule has 1 fully saturated rings. The van der Waals surface area contributed by atoms with Crippen molar-refractivity contribution in [3.63, 3.8) is 0 Å². The first-order valence-electron chi connectivity index (χ1n) is 11.3. The molecule has 0 radical (unpaired) electrons. The third-order valence-electron chi connectivity index (χ3n) is 6.61. The number of nitrogens with zero attached hydrogens (tertiary/aromatic N) is 3. The predicted octanol–water partition coefficient (Wildman–Crippen LogP) is 3.88. The zero-order valence-electron chi connectivity index (χ0n) is 18.9. The van der Waals surface area contributed by atoms with Crippen LogP contribution >= 0.6 is 0 Å². The molecule has 2 aromatic carbocycles. The standard InChI is InChI=1S/C26H35N3O/c1-19(2)28-9-11-29(12-10-28)26(30)18-27-8-7-23-16-22(5-6-24(23)17-27)25-14-20(3)13-21(4)15-25/h5-6,13-16,19H,7-12,17-18H2,1-4H3. The molecule has 2 aliphatic heterocycles. The van der Waals surface area contributed by atoms with Crippen LogP contribution in [0.25, 0.3) is 11.1 Å². The third kappa shape index (κ3) is 4.76. The maximum Gasteiger partial charge on any atom is 0.236 e. The van der Waals surface area contributed by atoms with Crippen LogP contribution in [-0.2, 0) is 17.8 Å². The van der Waals surface area contributed by atoms with Crippen molar-refractivity contribution < 1.29 is 4.79 Å². The lowest BCUT2D eigenvalue weighted by Gasteiger charge is -2.38. The van der Waals surface area contributed by atoms with Gasteiger partial charge in [-0.25, -0.2) is 0 Å². The molecule has 0 atom stereocenters. The number of carbonyl (C=O) groups excluding carboxylic acids is 1. The molecule has 1 saturated heterocycles. The first-order chi connectivity index (χ1) is 14.4. The molecule has 4 rings (SSSR count). The van der Waals surface area contributed by atoms with E-state index in [4.69, 9.17) is 0 Å². The number of piperazine rings is 1. The van der Waals surface area contributed by atoms with E-state index in [-0.39, 0.29) is 5.91 Å².